The fourth-order valence-corrected chi connectivity index (χ4v) is 3.49. The lowest BCUT2D eigenvalue weighted by molar-refractivity contribution is -0.173. The minimum absolute atomic E-state index is 0.0139. The highest BCUT2D eigenvalue weighted by Gasteiger charge is 2.38. The third-order valence-electron chi connectivity index (χ3n) is 4.96. The molecule has 0 unspecified atom stereocenters. The molecular weight excluding hydrogens is 309 g/mol. The third-order valence-corrected chi connectivity index (χ3v) is 4.96. The number of carbonyl (C=O) groups excluding carboxylic acids is 2. The van der Waals surface area contributed by atoms with Crippen LogP contribution in [0.1, 0.15) is 51.4 Å². The van der Waals surface area contributed by atoms with Gasteiger partial charge in [0.05, 0.1) is 0 Å². The van der Waals surface area contributed by atoms with Crippen LogP contribution in [0.2, 0.25) is 0 Å². The van der Waals surface area contributed by atoms with E-state index in [0.717, 1.165) is 12.8 Å². The van der Waals surface area contributed by atoms with Gasteiger partial charge in [-0.2, -0.15) is 13.2 Å². The maximum Gasteiger partial charge on any atom is 0.471 e. The fraction of sp³-hybridized carbons (Fsp3) is 0.875. The van der Waals surface area contributed by atoms with Gasteiger partial charge in [-0.1, -0.05) is 19.3 Å². The summed E-state index contributed by atoms with van der Waals surface area (Å²) in [6.45, 7) is 1.19. The Labute approximate surface area is 134 Å². The molecule has 1 aliphatic carbocycles. The van der Waals surface area contributed by atoms with Gasteiger partial charge in [-0.05, 0) is 37.5 Å². The lowest BCUT2D eigenvalue weighted by Gasteiger charge is -2.33. The Bertz CT molecular complexity index is 412. The monoisotopic (exact) mass is 334 g/mol. The molecule has 0 aromatic rings. The predicted molar refractivity (Wildman–Crippen MR) is 79.6 cm³/mol. The second-order valence-electron chi connectivity index (χ2n) is 6.74. The summed E-state index contributed by atoms with van der Waals surface area (Å²) in [7, 11) is 0. The van der Waals surface area contributed by atoms with Gasteiger partial charge in [0, 0.05) is 26.1 Å². The van der Waals surface area contributed by atoms with Crippen LogP contribution in [-0.2, 0) is 9.59 Å². The average Bonchev–Trinajstić information content (AvgIpc) is 2.53. The van der Waals surface area contributed by atoms with Gasteiger partial charge >= 0.3 is 12.1 Å². The van der Waals surface area contributed by atoms with Crippen molar-refractivity contribution < 1.29 is 22.8 Å². The third kappa shape index (κ3) is 5.70. The van der Waals surface area contributed by atoms with Crippen LogP contribution in [-0.4, -0.2) is 42.5 Å². The van der Waals surface area contributed by atoms with Gasteiger partial charge in [-0.15, -0.1) is 0 Å². The van der Waals surface area contributed by atoms with Crippen molar-refractivity contribution in [2.75, 3.05) is 19.6 Å². The molecule has 1 aliphatic heterocycles. The number of halogens is 3. The van der Waals surface area contributed by atoms with E-state index in [4.69, 9.17) is 0 Å². The van der Waals surface area contributed by atoms with Gasteiger partial charge in [0.1, 0.15) is 0 Å². The van der Waals surface area contributed by atoms with E-state index in [1.54, 1.807) is 0 Å². The van der Waals surface area contributed by atoms with Crippen molar-refractivity contribution in [3.05, 3.63) is 0 Å². The van der Waals surface area contributed by atoms with E-state index < -0.39 is 12.1 Å². The highest BCUT2D eigenvalue weighted by Crippen LogP contribution is 2.27. The molecule has 1 saturated heterocycles. The molecule has 0 bridgehead atoms. The molecule has 0 atom stereocenters. The number of carbonyl (C=O) groups is 2. The maximum atomic E-state index is 12.3. The summed E-state index contributed by atoms with van der Waals surface area (Å²) in [6.07, 6.45) is 3.02. The summed E-state index contributed by atoms with van der Waals surface area (Å²) in [5.41, 5.74) is 0. The number of amides is 2. The lowest BCUT2D eigenvalue weighted by Crippen LogP contribution is -2.44. The van der Waals surface area contributed by atoms with Crippen molar-refractivity contribution in [3.8, 4) is 0 Å². The van der Waals surface area contributed by atoms with Gasteiger partial charge in [0.25, 0.3) is 0 Å². The largest absolute Gasteiger partial charge is 0.471 e. The van der Waals surface area contributed by atoms with Crippen LogP contribution in [0.4, 0.5) is 13.2 Å². The number of likely N-dealkylation sites (tertiary alicyclic amines) is 1. The minimum atomic E-state index is -4.82. The summed E-state index contributed by atoms with van der Waals surface area (Å²) >= 11 is 0. The van der Waals surface area contributed by atoms with Crippen molar-refractivity contribution in [3.63, 3.8) is 0 Å². The molecular formula is C16H25F3N2O2. The summed E-state index contributed by atoms with van der Waals surface area (Å²) in [6, 6.07) is 0. The summed E-state index contributed by atoms with van der Waals surface area (Å²) < 4.78 is 36.4. The Morgan fingerprint density at radius 3 is 2.13 bits per heavy atom. The van der Waals surface area contributed by atoms with Gasteiger partial charge in [-0.3, -0.25) is 9.59 Å². The van der Waals surface area contributed by atoms with Crippen LogP contribution >= 0.6 is 0 Å². The Morgan fingerprint density at radius 1 is 0.957 bits per heavy atom. The second kappa shape index (κ2) is 8.02. The molecule has 2 rings (SSSR count). The number of nitrogens with one attached hydrogen (secondary N) is 1. The first-order valence-electron chi connectivity index (χ1n) is 8.49. The molecule has 1 saturated carbocycles. The lowest BCUT2D eigenvalue weighted by atomic mass is 9.86. The smallest absolute Gasteiger partial charge is 0.348 e. The normalized spacial score (nSPS) is 21.3. The molecule has 7 heteroatoms. The van der Waals surface area contributed by atoms with Crippen molar-refractivity contribution >= 4 is 11.8 Å². The SMILES string of the molecule is O=C(CC1CCCCC1)N1CCC(CNC(=O)C(F)(F)F)CC1. The van der Waals surface area contributed by atoms with E-state index in [-0.39, 0.29) is 18.4 Å². The fourth-order valence-electron chi connectivity index (χ4n) is 3.49. The van der Waals surface area contributed by atoms with Gasteiger partial charge in [0.15, 0.2) is 0 Å². The predicted octanol–water partition coefficient (Wildman–Crippen LogP) is 2.87. The average molecular weight is 334 g/mol. The Morgan fingerprint density at radius 2 is 1.57 bits per heavy atom. The van der Waals surface area contributed by atoms with Gasteiger partial charge in [0.2, 0.25) is 5.91 Å². The standard InChI is InChI=1S/C16H25F3N2O2/c17-16(18,19)15(23)20-11-13-6-8-21(9-7-13)14(22)10-12-4-2-1-3-5-12/h12-13H,1-11H2,(H,20,23). The zero-order valence-corrected chi connectivity index (χ0v) is 13.3. The first kappa shape index (κ1) is 18.1. The summed E-state index contributed by atoms with van der Waals surface area (Å²) in [4.78, 5) is 24.9. The number of nitrogens with zero attached hydrogens (tertiary/aromatic N) is 1. The number of hydrogen-bond donors (Lipinski definition) is 1. The van der Waals surface area contributed by atoms with Crippen LogP contribution in [0.15, 0.2) is 0 Å². The molecule has 2 fully saturated rings. The molecule has 1 heterocycles. The van der Waals surface area contributed by atoms with Crippen LogP contribution in [0.5, 0.6) is 0 Å². The molecule has 23 heavy (non-hydrogen) atoms. The Kier molecular flexibility index (Phi) is 6.30. The molecule has 2 amide bonds. The van der Waals surface area contributed by atoms with E-state index in [1.165, 1.54) is 19.3 Å². The first-order chi connectivity index (χ1) is 10.9. The van der Waals surface area contributed by atoms with Crippen LogP contribution in [0, 0.1) is 11.8 Å². The van der Waals surface area contributed by atoms with Crippen LogP contribution in [0.3, 0.4) is 0 Å². The van der Waals surface area contributed by atoms with E-state index in [9.17, 15) is 22.8 Å². The highest BCUT2D eigenvalue weighted by molar-refractivity contribution is 5.81. The van der Waals surface area contributed by atoms with E-state index in [1.807, 2.05) is 10.2 Å². The molecule has 4 nitrogen and oxygen atoms in total. The molecule has 0 aromatic heterocycles. The van der Waals surface area contributed by atoms with Gasteiger partial charge < -0.3 is 10.2 Å². The quantitative estimate of drug-likeness (QED) is 0.859. The van der Waals surface area contributed by atoms with Crippen molar-refractivity contribution in [1.29, 1.82) is 0 Å². The Hall–Kier alpha value is -1.27. The minimum Gasteiger partial charge on any atom is -0.348 e. The molecule has 132 valence electrons. The number of piperidine rings is 1. The topological polar surface area (TPSA) is 49.4 Å². The molecule has 0 radical (unpaired) electrons. The molecule has 1 N–H and O–H groups in total. The number of hydrogen-bond acceptors (Lipinski definition) is 2. The molecule has 2 aliphatic rings. The zero-order chi connectivity index (χ0) is 16.9. The number of rotatable bonds is 4. The number of alkyl halides is 3. The highest BCUT2D eigenvalue weighted by atomic mass is 19.4. The molecule has 0 aromatic carbocycles. The second-order valence-corrected chi connectivity index (χ2v) is 6.74. The summed E-state index contributed by atoms with van der Waals surface area (Å²) in [5.74, 6) is -1.19. The summed E-state index contributed by atoms with van der Waals surface area (Å²) in [5, 5.41) is 1.93. The van der Waals surface area contributed by atoms with Crippen molar-refractivity contribution in [2.24, 2.45) is 11.8 Å². The maximum absolute atomic E-state index is 12.3. The van der Waals surface area contributed by atoms with E-state index in [2.05, 4.69) is 0 Å². The van der Waals surface area contributed by atoms with Crippen LogP contribution in [0.25, 0.3) is 0 Å². The van der Waals surface area contributed by atoms with Crippen LogP contribution < -0.4 is 5.32 Å². The van der Waals surface area contributed by atoms with E-state index in [0.29, 0.717) is 38.3 Å². The van der Waals surface area contributed by atoms with Crippen molar-refractivity contribution in [1.82, 2.24) is 10.2 Å². The Balaban J connectivity index is 1.67. The first-order valence-corrected chi connectivity index (χ1v) is 8.49. The van der Waals surface area contributed by atoms with Gasteiger partial charge in [-0.25, -0.2) is 0 Å². The molecule has 0 spiro atoms. The zero-order valence-electron chi connectivity index (χ0n) is 13.3. The van der Waals surface area contributed by atoms with Crippen molar-refractivity contribution in [2.45, 2.75) is 57.5 Å². The van der Waals surface area contributed by atoms with E-state index >= 15 is 0 Å².